The molecule has 7 nitrogen and oxygen atoms in total. The van der Waals surface area contributed by atoms with Crippen molar-refractivity contribution in [2.24, 2.45) is 17.8 Å². The smallest absolute Gasteiger partial charge is 0.245 e. The summed E-state index contributed by atoms with van der Waals surface area (Å²) in [7, 11) is -3.41. The molecule has 1 amide bonds. The fourth-order valence-electron chi connectivity index (χ4n) is 9.47. The number of fused-ring (bicyclic) bond motifs is 1. The molecule has 1 N–H and O–H groups in total. The Morgan fingerprint density at radius 2 is 1.56 bits per heavy atom. The van der Waals surface area contributed by atoms with E-state index < -0.39 is 15.1 Å². The van der Waals surface area contributed by atoms with E-state index >= 15 is 0 Å². The van der Waals surface area contributed by atoms with Crippen molar-refractivity contribution in [1.29, 1.82) is 0 Å². The molecule has 0 bridgehead atoms. The summed E-state index contributed by atoms with van der Waals surface area (Å²) in [4.78, 5) is 19.0. The van der Waals surface area contributed by atoms with Crippen molar-refractivity contribution in [1.82, 2.24) is 15.1 Å². The van der Waals surface area contributed by atoms with Gasteiger partial charge in [0.1, 0.15) is 0 Å². The maximum atomic E-state index is 13.3. The predicted molar refractivity (Wildman–Crippen MR) is 180 cm³/mol. The van der Waals surface area contributed by atoms with Gasteiger partial charge in [0.25, 0.3) is 0 Å². The number of nitrogens with zero attached hydrogens (tertiary/aromatic N) is 3. The van der Waals surface area contributed by atoms with Crippen molar-refractivity contribution in [3.63, 3.8) is 0 Å². The number of anilines is 1. The lowest BCUT2D eigenvalue weighted by Gasteiger charge is -2.53. The Morgan fingerprint density at radius 3 is 2.24 bits per heavy atom. The van der Waals surface area contributed by atoms with Crippen molar-refractivity contribution >= 4 is 21.4 Å². The Morgan fingerprint density at radius 1 is 0.889 bits per heavy atom. The SMILES string of the molecule is C=CC(=O)N1CCC(S(=O)(=O)c2ccc(N3CC(CN4CCC(C5(C6CCCC6)NCCc6ccccc65)CC4)C3)cc2)CC1. The highest BCUT2D eigenvalue weighted by Crippen LogP contribution is 2.50. The van der Waals surface area contributed by atoms with Gasteiger partial charge in [-0.2, -0.15) is 0 Å². The highest BCUT2D eigenvalue weighted by molar-refractivity contribution is 7.92. The molecular formula is C37H50N4O3S. The van der Waals surface area contributed by atoms with Gasteiger partial charge in [-0.15, -0.1) is 0 Å². The van der Waals surface area contributed by atoms with Gasteiger partial charge < -0.3 is 20.0 Å². The Labute approximate surface area is 270 Å². The minimum atomic E-state index is -3.41. The average molecular weight is 631 g/mol. The third kappa shape index (κ3) is 5.87. The van der Waals surface area contributed by atoms with Gasteiger partial charge in [0, 0.05) is 56.4 Å². The van der Waals surface area contributed by atoms with Crippen LogP contribution in [0.15, 0.2) is 66.1 Å². The molecule has 0 spiro atoms. The van der Waals surface area contributed by atoms with Crippen LogP contribution in [0.2, 0.25) is 0 Å². The van der Waals surface area contributed by atoms with Crippen LogP contribution >= 0.6 is 0 Å². The molecule has 1 unspecified atom stereocenters. The lowest BCUT2D eigenvalue weighted by atomic mass is 9.63. The molecule has 0 radical (unpaired) electrons. The minimum Gasteiger partial charge on any atom is -0.371 e. The Bertz CT molecular complexity index is 1470. The number of benzene rings is 2. The van der Waals surface area contributed by atoms with Crippen LogP contribution in [0, 0.1) is 17.8 Å². The van der Waals surface area contributed by atoms with E-state index in [1.165, 1.54) is 57.7 Å². The second kappa shape index (κ2) is 12.8. The monoisotopic (exact) mass is 630 g/mol. The molecule has 4 aliphatic heterocycles. The predicted octanol–water partition coefficient (Wildman–Crippen LogP) is 5.02. The summed E-state index contributed by atoms with van der Waals surface area (Å²) >= 11 is 0. The summed E-state index contributed by atoms with van der Waals surface area (Å²) in [6.07, 6.45) is 11.4. The first-order valence-corrected chi connectivity index (χ1v) is 19.0. The van der Waals surface area contributed by atoms with Crippen LogP contribution in [-0.4, -0.2) is 81.7 Å². The van der Waals surface area contributed by atoms with Crippen LogP contribution in [-0.2, 0) is 26.6 Å². The van der Waals surface area contributed by atoms with Gasteiger partial charge >= 0.3 is 0 Å². The van der Waals surface area contributed by atoms with Crippen LogP contribution in [0.5, 0.6) is 0 Å². The quantitative estimate of drug-likeness (QED) is 0.414. The molecule has 45 heavy (non-hydrogen) atoms. The van der Waals surface area contributed by atoms with Crippen LogP contribution in [0.3, 0.4) is 0 Å². The van der Waals surface area contributed by atoms with E-state index in [0.717, 1.165) is 44.2 Å². The zero-order valence-electron chi connectivity index (χ0n) is 26.7. The van der Waals surface area contributed by atoms with Crippen molar-refractivity contribution in [2.75, 3.05) is 57.3 Å². The van der Waals surface area contributed by atoms with Crippen LogP contribution in [0.25, 0.3) is 0 Å². The van der Waals surface area contributed by atoms with E-state index in [2.05, 4.69) is 46.0 Å². The normalized spacial score (nSPS) is 26.0. The Balaban J connectivity index is 0.914. The average Bonchev–Trinajstić information content (AvgIpc) is 3.62. The van der Waals surface area contributed by atoms with Gasteiger partial charge in [0.05, 0.1) is 10.1 Å². The third-order valence-corrected chi connectivity index (χ3v) is 14.2. The molecule has 2 aromatic carbocycles. The summed E-state index contributed by atoms with van der Waals surface area (Å²) in [5, 5.41) is 3.72. The fraction of sp³-hybridized carbons (Fsp3) is 0.595. The van der Waals surface area contributed by atoms with E-state index in [1.807, 2.05) is 12.1 Å². The summed E-state index contributed by atoms with van der Waals surface area (Å²) in [6, 6.07) is 16.8. The molecule has 4 fully saturated rings. The number of amides is 1. The summed E-state index contributed by atoms with van der Waals surface area (Å²) in [5.41, 5.74) is 4.45. The molecule has 0 aromatic heterocycles. The summed E-state index contributed by atoms with van der Waals surface area (Å²) < 4.78 is 26.6. The van der Waals surface area contributed by atoms with Crippen molar-refractivity contribution < 1.29 is 13.2 Å². The maximum Gasteiger partial charge on any atom is 0.245 e. The molecule has 8 heteroatoms. The van der Waals surface area contributed by atoms with Crippen molar-refractivity contribution in [2.45, 2.75) is 73.5 Å². The number of piperidine rings is 2. The van der Waals surface area contributed by atoms with E-state index in [9.17, 15) is 13.2 Å². The van der Waals surface area contributed by atoms with Crippen LogP contribution in [0.1, 0.15) is 62.5 Å². The Hall–Kier alpha value is -2.68. The molecule has 3 saturated heterocycles. The number of nitrogens with one attached hydrogen (secondary N) is 1. The van der Waals surface area contributed by atoms with E-state index in [0.29, 0.717) is 42.7 Å². The summed E-state index contributed by atoms with van der Waals surface area (Å²) in [6.45, 7) is 11.2. The zero-order valence-corrected chi connectivity index (χ0v) is 27.5. The second-order valence-electron chi connectivity index (χ2n) is 14.3. The molecular weight excluding hydrogens is 580 g/mol. The largest absolute Gasteiger partial charge is 0.371 e. The first kappa shape index (κ1) is 30.9. The molecule has 5 aliphatic rings. The number of sulfone groups is 1. The van der Waals surface area contributed by atoms with Gasteiger partial charge in [-0.1, -0.05) is 43.7 Å². The van der Waals surface area contributed by atoms with Crippen LogP contribution < -0.4 is 10.2 Å². The standard InChI is InChI=1S/C37H50N4O3S/c1-2-36(42)40-23-18-34(19-24-40)45(43,44)33-13-11-32(12-14-33)41-26-28(27-41)25-39-21-16-31(17-22-39)37(30-8-4-5-9-30)35-10-6-3-7-29(35)15-20-38-37/h2-3,6-7,10-14,28,30-31,34,38H,1,4-5,8-9,15-27H2. The summed E-state index contributed by atoms with van der Waals surface area (Å²) in [5.74, 6) is 2.00. The molecule has 1 aliphatic carbocycles. The molecule has 1 atom stereocenters. The van der Waals surface area contributed by atoms with Gasteiger partial charge in [-0.05, 0) is 111 Å². The first-order chi connectivity index (χ1) is 21.9. The van der Waals surface area contributed by atoms with E-state index in [4.69, 9.17) is 0 Å². The first-order valence-electron chi connectivity index (χ1n) is 17.4. The van der Waals surface area contributed by atoms with Crippen molar-refractivity contribution in [3.8, 4) is 0 Å². The minimum absolute atomic E-state index is 0.122. The number of hydrogen-bond acceptors (Lipinski definition) is 6. The number of carbonyl (C=O) groups excluding carboxylic acids is 1. The van der Waals surface area contributed by atoms with Gasteiger partial charge in [0.2, 0.25) is 5.91 Å². The zero-order chi connectivity index (χ0) is 31.0. The fourth-order valence-corrected chi connectivity index (χ4v) is 11.2. The highest BCUT2D eigenvalue weighted by Gasteiger charge is 2.50. The number of carbonyl (C=O) groups is 1. The van der Waals surface area contributed by atoms with Crippen molar-refractivity contribution in [3.05, 3.63) is 72.3 Å². The third-order valence-electron chi connectivity index (χ3n) is 11.9. The maximum absolute atomic E-state index is 13.3. The lowest BCUT2D eigenvalue weighted by molar-refractivity contribution is -0.126. The number of rotatable bonds is 8. The molecule has 2 aromatic rings. The van der Waals surface area contributed by atoms with Gasteiger partial charge in [-0.3, -0.25) is 4.79 Å². The highest BCUT2D eigenvalue weighted by atomic mass is 32.2. The van der Waals surface area contributed by atoms with Gasteiger partial charge in [0.15, 0.2) is 9.84 Å². The van der Waals surface area contributed by atoms with Crippen LogP contribution in [0.4, 0.5) is 5.69 Å². The molecule has 7 rings (SSSR count). The van der Waals surface area contributed by atoms with Gasteiger partial charge in [-0.25, -0.2) is 8.42 Å². The number of likely N-dealkylation sites (tertiary alicyclic amines) is 2. The Kier molecular flexibility index (Phi) is 8.83. The second-order valence-corrected chi connectivity index (χ2v) is 16.5. The number of hydrogen-bond donors (Lipinski definition) is 1. The van der Waals surface area contributed by atoms with E-state index in [-0.39, 0.29) is 11.4 Å². The lowest BCUT2D eigenvalue weighted by Crippen LogP contribution is -2.59. The topological polar surface area (TPSA) is 73.0 Å². The molecule has 242 valence electrons. The van der Waals surface area contributed by atoms with E-state index in [1.54, 1.807) is 28.2 Å². The molecule has 1 saturated carbocycles. The molecule has 4 heterocycles.